The second-order valence-electron chi connectivity index (χ2n) is 6.57. The Labute approximate surface area is 160 Å². The molecular weight excluding hydrogens is 396 g/mol. The average Bonchev–Trinajstić information content (AvgIpc) is 3.17. The van der Waals surface area contributed by atoms with Crippen LogP contribution in [0.25, 0.3) is 10.8 Å². The molecule has 0 spiro atoms. The zero-order valence-corrected chi connectivity index (χ0v) is 16.6. The van der Waals surface area contributed by atoms with Crippen LogP contribution in [0.15, 0.2) is 52.4 Å². The van der Waals surface area contributed by atoms with Crippen LogP contribution in [0.1, 0.15) is 31.4 Å². The second kappa shape index (κ2) is 7.48. The zero-order valence-electron chi connectivity index (χ0n) is 14.2. The number of halogens is 1. The molecule has 1 aliphatic rings. The van der Waals surface area contributed by atoms with Crippen molar-refractivity contribution < 1.29 is 0 Å². The van der Waals surface area contributed by atoms with Crippen LogP contribution in [0.3, 0.4) is 0 Å². The second-order valence-corrected chi connectivity index (χ2v) is 8.76. The molecule has 1 aromatic carbocycles. The molecule has 0 aliphatic carbocycles. The highest BCUT2D eigenvalue weighted by atomic mass is 79.9. The molecule has 1 fully saturated rings. The number of nitrogens with zero attached hydrogens (tertiary/aromatic N) is 3. The van der Waals surface area contributed by atoms with Crippen molar-refractivity contribution >= 4 is 38.5 Å². The van der Waals surface area contributed by atoms with Crippen molar-refractivity contribution in [2.75, 3.05) is 13.1 Å². The summed E-state index contributed by atoms with van der Waals surface area (Å²) in [5.41, 5.74) is 1.27. The van der Waals surface area contributed by atoms with Gasteiger partial charge in [-0.15, -0.1) is 11.8 Å². The van der Waals surface area contributed by atoms with Gasteiger partial charge < -0.3 is 0 Å². The van der Waals surface area contributed by atoms with Crippen LogP contribution in [-0.2, 0) is 0 Å². The van der Waals surface area contributed by atoms with E-state index in [1.165, 1.54) is 38.5 Å². The van der Waals surface area contributed by atoms with Crippen LogP contribution in [0.2, 0.25) is 0 Å². The Bertz CT molecular complexity index is 844. The first-order valence-electron chi connectivity index (χ1n) is 8.63. The molecule has 130 valence electrons. The summed E-state index contributed by atoms with van der Waals surface area (Å²) in [6.07, 6.45) is 10.2. The number of likely N-dealkylation sites (tertiary alicyclic amines) is 1. The van der Waals surface area contributed by atoms with Gasteiger partial charge in [0.05, 0.1) is 6.20 Å². The Morgan fingerprint density at radius 3 is 2.84 bits per heavy atom. The van der Waals surface area contributed by atoms with Crippen molar-refractivity contribution in [3.05, 3.63) is 53.0 Å². The molecular formula is C19H21BrN4S. The van der Waals surface area contributed by atoms with Gasteiger partial charge in [0.15, 0.2) is 0 Å². The number of benzene rings is 1. The van der Waals surface area contributed by atoms with Gasteiger partial charge in [-0.25, -0.2) is 0 Å². The molecule has 1 aliphatic heterocycles. The SMILES string of the molecule is CC(c1cn[nH]c1)N1CCC(Sc2cc3ccncc3cc2Br)CC1. The summed E-state index contributed by atoms with van der Waals surface area (Å²) in [7, 11) is 0. The number of thioether (sulfide) groups is 1. The number of H-pyrrole nitrogens is 1. The van der Waals surface area contributed by atoms with E-state index < -0.39 is 0 Å². The number of nitrogens with one attached hydrogen (secondary N) is 1. The lowest BCUT2D eigenvalue weighted by molar-refractivity contribution is 0.178. The van der Waals surface area contributed by atoms with E-state index in [-0.39, 0.29) is 0 Å². The minimum Gasteiger partial charge on any atom is -0.296 e. The molecule has 0 bridgehead atoms. The van der Waals surface area contributed by atoms with E-state index in [1.54, 1.807) is 0 Å². The van der Waals surface area contributed by atoms with E-state index in [2.05, 4.69) is 61.1 Å². The van der Waals surface area contributed by atoms with Gasteiger partial charge in [0.2, 0.25) is 0 Å². The lowest BCUT2D eigenvalue weighted by Gasteiger charge is -2.35. The molecule has 3 heterocycles. The molecule has 1 atom stereocenters. The third-order valence-corrected chi connectivity index (χ3v) is 7.33. The standard InChI is InChI=1S/C19H21BrN4S/c1-13(16-11-22-23-12-16)24-6-3-17(4-7-24)25-19-9-14-2-5-21-10-15(14)8-18(19)20/h2,5,8-13,17H,3-4,6-7H2,1H3,(H,22,23). The highest BCUT2D eigenvalue weighted by Gasteiger charge is 2.25. The fraction of sp³-hybridized carbons (Fsp3) is 0.368. The molecule has 0 amide bonds. The Morgan fingerprint density at radius 2 is 2.08 bits per heavy atom. The summed E-state index contributed by atoms with van der Waals surface area (Å²) in [5, 5.41) is 10.1. The van der Waals surface area contributed by atoms with Gasteiger partial charge in [-0.05, 0) is 72.4 Å². The van der Waals surface area contributed by atoms with Gasteiger partial charge in [-0.2, -0.15) is 5.10 Å². The maximum absolute atomic E-state index is 4.21. The fourth-order valence-corrected chi connectivity index (χ4v) is 5.25. The third kappa shape index (κ3) is 3.76. The van der Waals surface area contributed by atoms with Gasteiger partial charge in [0.25, 0.3) is 0 Å². The van der Waals surface area contributed by atoms with Crippen molar-refractivity contribution in [1.29, 1.82) is 0 Å². The normalized spacial score (nSPS) is 17.8. The third-order valence-electron chi connectivity index (χ3n) is 5.01. The predicted octanol–water partition coefficient (Wildman–Crippen LogP) is 5.04. The highest BCUT2D eigenvalue weighted by Crippen LogP contribution is 2.38. The number of rotatable bonds is 4. The van der Waals surface area contributed by atoms with E-state index in [4.69, 9.17) is 0 Å². The minimum absolute atomic E-state index is 0.435. The zero-order chi connectivity index (χ0) is 17.2. The molecule has 3 aromatic rings. The number of hydrogen-bond acceptors (Lipinski definition) is 4. The van der Waals surface area contributed by atoms with Crippen molar-refractivity contribution in [2.45, 2.75) is 36.0 Å². The van der Waals surface area contributed by atoms with Crippen molar-refractivity contribution in [2.24, 2.45) is 0 Å². The van der Waals surface area contributed by atoms with Crippen molar-refractivity contribution in [1.82, 2.24) is 20.1 Å². The maximum Gasteiger partial charge on any atom is 0.0535 e. The smallest absolute Gasteiger partial charge is 0.0535 e. The van der Waals surface area contributed by atoms with E-state index in [1.807, 2.05) is 36.5 Å². The Morgan fingerprint density at radius 1 is 1.24 bits per heavy atom. The number of aromatic nitrogens is 3. The number of fused-ring (bicyclic) bond motifs is 1. The topological polar surface area (TPSA) is 44.8 Å². The molecule has 2 aromatic heterocycles. The number of piperidine rings is 1. The lowest BCUT2D eigenvalue weighted by atomic mass is 10.1. The van der Waals surface area contributed by atoms with Crippen LogP contribution in [-0.4, -0.2) is 38.4 Å². The minimum atomic E-state index is 0.435. The molecule has 4 nitrogen and oxygen atoms in total. The Balaban J connectivity index is 1.41. The maximum atomic E-state index is 4.21. The number of hydrogen-bond donors (Lipinski definition) is 1. The first-order valence-corrected chi connectivity index (χ1v) is 10.3. The summed E-state index contributed by atoms with van der Waals surface area (Å²) >= 11 is 5.74. The predicted molar refractivity (Wildman–Crippen MR) is 107 cm³/mol. The summed E-state index contributed by atoms with van der Waals surface area (Å²) in [4.78, 5) is 8.10. The van der Waals surface area contributed by atoms with Crippen LogP contribution >= 0.6 is 27.7 Å². The highest BCUT2D eigenvalue weighted by molar-refractivity contribution is 9.10. The van der Waals surface area contributed by atoms with Gasteiger partial charge in [-0.3, -0.25) is 15.0 Å². The summed E-state index contributed by atoms with van der Waals surface area (Å²) in [6.45, 7) is 4.55. The van der Waals surface area contributed by atoms with Crippen LogP contribution in [0, 0.1) is 0 Å². The molecule has 0 saturated carbocycles. The largest absolute Gasteiger partial charge is 0.296 e. The van der Waals surface area contributed by atoms with E-state index in [0.29, 0.717) is 11.3 Å². The first kappa shape index (κ1) is 17.1. The van der Waals surface area contributed by atoms with Crippen LogP contribution in [0.4, 0.5) is 0 Å². The molecule has 0 radical (unpaired) electrons. The summed E-state index contributed by atoms with van der Waals surface area (Å²) in [5.74, 6) is 0. The van der Waals surface area contributed by atoms with Gasteiger partial charge >= 0.3 is 0 Å². The molecule has 25 heavy (non-hydrogen) atoms. The quantitative estimate of drug-likeness (QED) is 0.646. The van der Waals surface area contributed by atoms with Gasteiger partial charge in [-0.1, -0.05) is 0 Å². The van der Waals surface area contributed by atoms with Crippen molar-refractivity contribution in [3.8, 4) is 0 Å². The average molecular weight is 417 g/mol. The first-order chi connectivity index (χ1) is 12.2. The van der Waals surface area contributed by atoms with E-state index in [0.717, 1.165) is 13.1 Å². The molecule has 1 saturated heterocycles. The number of pyridine rings is 1. The number of aromatic amines is 1. The van der Waals surface area contributed by atoms with E-state index >= 15 is 0 Å². The van der Waals surface area contributed by atoms with Crippen LogP contribution in [0.5, 0.6) is 0 Å². The van der Waals surface area contributed by atoms with Crippen molar-refractivity contribution in [3.63, 3.8) is 0 Å². The van der Waals surface area contributed by atoms with Gasteiger partial charge in [0, 0.05) is 50.2 Å². The fourth-order valence-electron chi connectivity index (χ4n) is 3.44. The monoisotopic (exact) mass is 416 g/mol. The molecule has 6 heteroatoms. The van der Waals surface area contributed by atoms with Gasteiger partial charge in [0.1, 0.15) is 0 Å². The van der Waals surface area contributed by atoms with E-state index in [9.17, 15) is 0 Å². The molecule has 4 rings (SSSR count). The molecule has 1 unspecified atom stereocenters. The van der Waals surface area contributed by atoms with Crippen LogP contribution < -0.4 is 0 Å². The summed E-state index contributed by atoms with van der Waals surface area (Å²) < 4.78 is 1.17. The Hall–Kier alpha value is -1.37. The summed E-state index contributed by atoms with van der Waals surface area (Å²) in [6, 6.07) is 6.98. The lowest BCUT2D eigenvalue weighted by Crippen LogP contribution is -2.36. The molecule has 1 N–H and O–H groups in total. The Kier molecular flexibility index (Phi) is 5.10.